The van der Waals surface area contributed by atoms with Crippen molar-refractivity contribution in [2.75, 3.05) is 13.2 Å². The van der Waals surface area contributed by atoms with Crippen LogP contribution in [0, 0.1) is 5.92 Å². The third-order valence-corrected chi connectivity index (χ3v) is 2.76. The van der Waals surface area contributed by atoms with Gasteiger partial charge in [0.05, 0.1) is 12.6 Å². The lowest BCUT2D eigenvalue weighted by Crippen LogP contribution is -2.47. The van der Waals surface area contributed by atoms with Crippen LogP contribution in [0.25, 0.3) is 0 Å². The summed E-state index contributed by atoms with van der Waals surface area (Å²) < 4.78 is 5.17. The fourth-order valence-corrected chi connectivity index (χ4v) is 1.88. The number of nitrogens with zero attached hydrogens (tertiary/aromatic N) is 1. The summed E-state index contributed by atoms with van der Waals surface area (Å²) in [7, 11) is 0. The van der Waals surface area contributed by atoms with Crippen LogP contribution in [0.1, 0.15) is 33.6 Å². The van der Waals surface area contributed by atoms with Gasteiger partial charge in [0.25, 0.3) is 0 Å². The van der Waals surface area contributed by atoms with E-state index in [0.717, 1.165) is 6.42 Å². The second kappa shape index (κ2) is 6.00. The van der Waals surface area contributed by atoms with Gasteiger partial charge in [-0.1, -0.05) is 13.8 Å². The third kappa shape index (κ3) is 3.70. The second-order valence-electron chi connectivity index (χ2n) is 5.00. The van der Waals surface area contributed by atoms with Crippen molar-refractivity contribution in [1.82, 2.24) is 4.90 Å². The SMILES string of the molecule is CC(C)COC(=O)C1CCCN1C(=O)C(C)N. The molecule has 0 aliphatic carbocycles. The van der Waals surface area contributed by atoms with Crippen molar-refractivity contribution >= 4 is 11.9 Å². The molecule has 1 aliphatic rings. The van der Waals surface area contributed by atoms with Gasteiger partial charge in [0, 0.05) is 6.54 Å². The topological polar surface area (TPSA) is 72.6 Å². The Bertz CT molecular complexity index is 289. The molecule has 5 heteroatoms. The van der Waals surface area contributed by atoms with Gasteiger partial charge in [-0.3, -0.25) is 4.79 Å². The lowest BCUT2D eigenvalue weighted by atomic mass is 10.2. The van der Waals surface area contributed by atoms with Gasteiger partial charge in [-0.15, -0.1) is 0 Å². The Morgan fingerprint density at radius 2 is 2.06 bits per heavy atom. The first-order valence-corrected chi connectivity index (χ1v) is 6.16. The molecule has 0 aromatic carbocycles. The van der Waals surface area contributed by atoms with Gasteiger partial charge in [-0.2, -0.15) is 0 Å². The Kier molecular flexibility index (Phi) is 4.93. The number of amides is 1. The van der Waals surface area contributed by atoms with E-state index in [1.54, 1.807) is 11.8 Å². The van der Waals surface area contributed by atoms with Crippen molar-refractivity contribution < 1.29 is 14.3 Å². The predicted octanol–water partition coefficient (Wildman–Crippen LogP) is 0.524. The van der Waals surface area contributed by atoms with Crippen molar-refractivity contribution in [3.8, 4) is 0 Å². The Labute approximate surface area is 102 Å². The smallest absolute Gasteiger partial charge is 0.328 e. The maximum atomic E-state index is 11.8. The maximum Gasteiger partial charge on any atom is 0.328 e. The number of rotatable bonds is 4. The number of nitrogens with two attached hydrogens (primary N) is 1. The molecular weight excluding hydrogens is 220 g/mol. The molecule has 0 saturated carbocycles. The average Bonchev–Trinajstić information content (AvgIpc) is 2.73. The van der Waals surface area contributed by atoms with E-state index in [1.807, 2.05) is 13.8 Å². The zero-order valence-corrected chi connectivity index (χ0v) is 10.8. The predicted molar refractivity (Wildman–Crippen MR) is 64.2 cm³/mol. The molecule has 0 bridgehead atoms. The number of likely N-dealkylation sites (tertiary alicyclic amines) is 1. The van der Waals surface area contributed by atoms with E-state index in [-0.39, 0.29) is 11.9 Å². The Balaban J connectivity index is 2.57. The number of esters is 1. The monoisotopic (exact) mass is 242 g/mol. The highest BCUT2D eigenvalue weighted by Gasteiger charge is 2.36. The first kappa shape index (κ1) is 14.0. The summed E-state index contributed by atoms with van der Waals surface area (Å²) in [5.74, 6) is -0.169. The summed E-state index contributed by atoms with van der Waals surface area (Å²) in [6.07, 6.45) is 1.51. The molecule has 2 unspecified atom stereocenters. The van der Waals surface area contributed by atoms with Crippen molar-refractivity contribution in [2.24, 2.45) is 11.7 Å². The highest BCUT2D eigenvalue weighted by atomic mass is 16.5. The van der Waals surface area contributed by atoms with Crippen LogP contribution in [0.2, 0.25) is 0 Å². The first-order chi connectivity index (χ1) is 7.93. The van der Waals surface area contributed by atoms with E-state index in [9.17, 15) is 9.59 Å². The van der Waals surface area contributed by atoms with Gasteiger partial charge in [0.1, 0.15) is 6.04 Å². The molecule has 2 atom stereocenters. The molecule has 1 rings (SSSR count). The normalized spacial score (nSPS) is 21.7. The molecule has 5 nitrogen and oxygen atoms in total. The zero-order valence-electron chi connectivity index (χ0n) is 10.8. The Morgan fingerprint density at radius 3 is 2.59 bits per heavy atom. The largest absolute Gasteiger partial charge is 0.464 e. The number of ether oxygens (including phenoxy) is 1. The molecule has 17 heavy (non-hydrogen) atoms. The van der Waals surface area contributed by atoms with Gasteiger partial charge in [-0.05, 0) is 25.7 Å². The van der Waals surface area contributed by atoms with E-state index >= 15 is 0 Å². The summed E-state index contributed by atoms with van der Waals surface area (Å²) >= 11 is 0. The molecule has 1 fully saturated rings. The second-order valence-corrected chi connectivity index (χ2v) is 5.00. The standard InChI is InChI=1S/C12H22N2O3/c1-8(2)7-17-12(16)10-5-4-6-14(10)11(15)9(3)13/h8-10H,4-7,13H2,1-3H3. The summed E-state index contributed by atoms with van der Waals surface area (Å²) in [6.45, 7) is 6.59. The molecule has 0 spiro atoms. The molecule has 0 aromatic rings. The van der Waals surface area contributed by atoms with E-state index in [0.29, 0.717) is 25.5 Å². The molecule has 2 N–H and O–H groups in total. The fraction of sp³-hybridized carbons (Fsp3) is 0.833. The maximum absolute atomic E-state index is 11.8. The summed E-state index contributed by atoms with van der Waals surface area (Å²) in [6, 6.07) is -0.999. The minimum absolute atomic E-state index is 0.172. The van der Waals surface area contributed by atoms with E-state index in [1.165, 1.54) is 0 Å². The molecule has 1 heterocycles. The highest BCUT2D eigenvalue weighted by molar-refractivity contribution is 5.87. The van der Waals surface area contributed by atoms with Crippen LogP contribution in [0.4, 0.5) is 0 Å². The molecule has 1 saturated heterocycles. The minimum atomic E-state index is -0.562. The zero-order chi connectivity index (χ0) is 13.0. The average molecular weight is 242 g/mol. The van der Waals surface area contributed by atoms with Gasteiger partial charge in [0.2, 0.25) is 5.91 Å². The van der Waals surface area contributed by atoms with Crippen LogP contribution in [0.15, 0.2) is 0 Å². The molecule has 1 amide bonds. The molecular formula is C12H22N2O3. The summed E-state index contributed by atoms with van der Waals surface area (Å²) in [5, 5.41) is 0. The van der Waals surface area contributed by atoms with Crippen LogP contribution < -0.4 is 5.73 Å². The molecule has 0 aromatic heterocycles. The van der Waals surface area contributed by atoms with E-state index in [4.69, 9.17) is 10.5 Å². The number of carbonyl (C=O) groups excluding carboxylic acids is 2. The van der Waals surface area contributed by atoms with Crippen molar-refractivity contribution in [3.63, 3.8) is 0 Å². The van der Waals surface area contributed by atoms with Crippen LogP contribution in [-0.4, -0.2) is 42.0 Å². The highest BCUT2D eigenvalue weighted by Crippen LogP contribution is 2.19. The summed E-state index contributed by atoms with van der Waals surface area (Å²) in [4.78, 5) is 25.2. The Morgan fingerprint density at radius 1 is 1.41 bits per heavy atom. The van der Waals surface area contributed by atoms with Crippen LogP contribution >= 0.6 is 0 Å². The van der Waals surface area contributed by atoms with Crippen molar-refractivity contribution in [2.45, 2.75) is 45.7 Å². The van der Waals surface area contributed by atoms with Gasteiger partial charge >= 0.3 is 5.97 Å². The van der Waals surface area contributed by atoms with Gasteiger partial charge in [-0.25, -0.2) is 4.79 Å². The van der Waals surface area contributed by atoms with E-state index < -0.39 is 12.1 Å². The van der Waals surface area contributed by atoms with Crippen LogP contribution in [0.5, 0.6) is 0 Å². The molecule has 98 valence electrons. The minimum Gasteiger partial charge on any atom is -0.464 e. The molecule has 1 aliphatic heterocycles. The third-order valence-electron chi connectivity index (χ3n) is 2.76. The number of carbonyl (C=O) groups is 2. The van der Waals surface area contributed by atoms with Gasteiger partial charge < -0.3 is 15.4 Å². The van der Waals surface area contributed by atoms with E-state index in [2.05, 4.69) is 0 Å². The first-order valence-electron chi connectivity index (χ1n) is 6.16. The lowest BCUT2D eigenvalue weighted by molar-refractivity contribution is -0.154. The Hall–Kier alpha value is -1.10. The van der Waals surface area contributed by atoms with Crippen LogP contribution in [0.3, 0.4) is 0 Å². The van der Waals surface area contributed by atoms with Crippen molar-refractivity contribution in [1.29, 1.82) is 0 Å². The van der Waals surface area contributed by atoms with Crippen LogP contribution in [-0.2, 0) is 14.3 Å². The van der Waals surface area contributed by atoms with Gasteiger partial charge in [0.15, 0.2) is 0 Å². The molecule has 0 radical (unpaired) electrons. The number of hydrogen-bond acceptors (Lipinski definition) is 4. The summed E-state index contributed by atoms with van der Waals surface area (Å²) in [5.41, 5.74) is 5.56. The fourth-order valence-electron chi connectivity index (χ4n) is 1.88. The van der Waals surface area contributed by atoms with Crippen molar-refractivity contribution in [3.05, 3.63) is 0 Å². The lowest BCUT2D eigenvalue weighted by Gasteiger charge is -2.25. The quantitative estimate of drug-likeness (QED) is 0.730. The number of hydrogen-bond donors (Lipinski definition) is 1.